The van der Waals surface area contributed by atoms with Crippen molar-refractivity contribution < 1.29 is 14.3 Å². The molecule has 9 nitrogen and oxygen atoms in total. The van der Waals surface area contributed by atoms with Crippen molar-refractivity contribution in [2.45, 2.75) is 59.6 Å². The SMILES string of the molecule is CC1(C)Cc2c(-c3cc(NC(=O)NCCCNC(=O)OC(C)(C)C)ncc3Cl)cnn2C1. The van der Waals surface area contributed by atoms with Gasteiger partial charge in [-0.25, -0.2) is 14.6 Å². The number of pyridine rings is 1. The van der Waals surface area contributed by atoms with E-state index >= 15 is 0 Å². The summed E-state index contributed by atoms with van der Waals surface area (Å²) in [7, 11) is 0. The minimum atomic E-state index is -0.542. The Kier molecular flexibility index (Phi) is 6.97. The first-order valence-electron chi connectivity index (χ1n) is 10.7. The van der Waals surface area contributed by atoms with Gasteiger partial charge in [0.25, 0.3) is 0 Å². The first-order valence-corrected chi connectivity index (χ1v) is 11.0. The number of fused-ring (bicyclic) bond motifs is 1. The number of amides is 3. The Labute approximate surface area is 193 Å². The van der Waals surface area contributed by atoms with Gasteiger partial charge in [0.15, 0.2) is 0 Å². The van der Waals surface area contributed by atoms with Gasteiger partial charge in [-0.15, -0.1) is 0 Å². The Bertz CT molecular complexity index is 996. The number of urea groups is 1. The van der Waals surface area contributed by atoms with Crippen LogP contribution in [0.15, 0.2) is 18.5 Å². The van der Waals surface area contributed by atoms with Crippen molar-refractivity contribution in [1.29, 1.82) is 0 Å². The number of anilines is 1. The second kappa shape index (κ2) is 9.36. The monoisotopic (exact) mass is 462 g/mol. The number of nitrogens with one attached hydrogen (secondary N) is 3. The fraction of sp³-hybridized carbons (Fsp3) is 0.545. The average molecular weight is 463 g/mol. The van der Waals surface area contributed by atoms with E-state index in [-0.39, 0.29) is 11.4 Å². The molecule has 0 aromatic carbocycles. The third-order valence-corrected chi connectivity index (χ3v) is 5.17. The molecule has 0 unspecified atom stereocenters. The van der Waals surface area contributed by atoms with Crippen molar-refractivity contribution in [3.05, 3.63) is 29.2 Å². The smallest absolute Gasteiger partial charge is 0.407 e. The van der Waals surface area contributed by atoms with E-state index < -0.39 is 11.7 Å². The van der Waals surface area contributed by atoms with Crippen LogP contribution in [-0.2, 0) is 17.7 Å². The van der Waals surface area contributed by atoms with Gasteiger partial charge in [0.1, 0.15) is 11.4 Å². The van der Waals surface area contributed by atoms with E-state index in [4.69, 9.17) is 16.3 Å². The van der Waals surface area contributed by atoms with E-state index in [1.165, 1.54) is 6.20 Å². The largest absolute Gasteiger partial charge is 0.444 e. The average Bonchev–Trinajstić information content (AvgIpc) is 3.16. The summed E-state index contributed by atoms with van der Waals surface area (Å²) in [6, 6.07) is 1.37. The lowest BCUT2D eigenvalue weighted by Crippen LogP contribution is -2.35. The highest BCUT2D eigenvalue weighted by Crippen LogP contribution is 2.39. The van der Waals surface area contributed by atoms with E-state index in [0.717, 1.165) is 29.8 Å². The summed E-state index contributed by atoms with van der Waals surface area (Å²) in [5, 5.41) is 13.1. The molecule has 32 heavy (non-hydrogen) atoms. The minimum absolute atomic E-state index is 0.150. The number of hydrogen-bond acceptors (Lipinski definition) is 5. The number of alkyl carbamates (subject to hydrolysis) is 1. The molecule has 0 saturated carbocycles. The molecule has 3 rings (SSSR count). The van der Waals surface area contributed by atoms with E-state index in [2.05, 4.69) is 39.9 Å². The lowest BCUT2D eigenvalue weighted by atomic mass is 9.89. The molecule has 174 valence electrons. The third-order valence-electron chi connectivity index (χ3n) is 4.87. The van der Waals surface area contributed by atoms with Crippen LogP contribution in [0.1, 0.15) is 46.7 Å². The van der Waals surface area contributed by atoms with Crippen molar-refractivity contribution in [1.82, 2.24) is 25.4 Å². The second-order valence-corrected chi connectivity index (χ2v) is 10.1. The molecule has 1 aliphatic rings. The van der Waals surface area contributed by atoms with E-state index in [9.17, 15) is 9.59 Å². The van der Waals surface area contributed by atoms with Crippen molar-refractivity contribution in [3.63, 3.8) is 0 Å². The predicted molar refractivity (Wildman–Crippen MR) is 124 cm³/mol. The van der Waals surface area contributed by atoms with Gasteiger partial charge in [-0.3, -0.25) is 10.00 Å². The number of carbonyl (C=O) groups excluding carboxylic acids is 2. The normalized spacial score (nSPS) is 14.6. The summed E-state index contributed by atoms with van der Waals surface area (Å²) in [5.41, 5.74) is 2.49. The Morgan fingerprint density at radius 1 is 1.19 bits per heavy atom. The van der Waals surface area contributed by atoms with Crippen LogP contribution in [0.2, 0.25) is 5.02 Å². The van der Waals surface area contributed by atoms with Crippen LogP contribution in [0.25, 0.3) is 11.1 Å². The molecule has 3 amide bonds. The van der Waals surface area contributed by atoms with Gasteiger partial charge in [-0.05, 0) is 45.1 Å². The zero-order chi connectivity index (χ0) is 23.5. The van der Waals surface area contributed by atoms with E-state index in [1.54, 1.807) is 26.8 Å². The van der Waals surface area contributed by atoms with Crippen LogP contribution < -0.4 is 16.0 Å². The number of hydrogen-bond donors (Lipinski definition) is 3. The van der Waals surface area contributed by atoms with Gasteiger partial charge in [0, 0.05) is 42.7 Å². The summed E-state index contributed by atoms with van der Waals surface area (Å²) in [4.78, 5) is 28.0. The molecule has 2 aromatic rings. The number of ether oxygens (including phenoxy) is 1. The van der Waals surface area contributed by atoms with E-state index in [0.29, 0.717) is 30.4 Å². The molecule has 0 aliphatic carbocycles. The number of halogens is 1. The first kappa shape index (κ1) is 23.8. The van der Waals surface area contributed by atoms with Crippen LogP contribution in [-0.4, -0.2) is 45.6 Å². The summed E-state index contributed by atoms with van der Waals surface area (Å²) in [6.45, 7) is 11.5. The second-order valence-electron chi connectivity index (χ2n) is 9.72. The topological polar surface area (TPSA) is 110 Å². The highest BCUT2D eigenvalue weighted by molar-refractivity contribution is 6.33. The standard InChI is InChI=1S/C22H31ClN6O3/c1-21(2,3)32-20(31)25-8-6-7-24-19(30)28-18-9-14(16(23)12-26-18)15-11-27-29-13-22(4,5)10-17(15)29/h9,11-12H,6-8,10,13H2,1-5H3,(H,25,31)(H2,24,26,28,30). The van der Waals surface area contributed by atoms with Gasteiger partial charge in [0.05, 0.1) is 11.2 Å². The molecule has 1 aliphatic heterocycles. The lowest BCUT2D eigenvalue weighted by Gasteiger charge is -2.19. The molecule has 0 spiro atoms. The van der Waals surface area contributed by atoms with Crippen molar-refractivity contribution in [2.24, 2.45) is 5.41 Å². The molecule has 10 heteroatoms. The summed E-state index contributed by atoms with van der Waals surface area (Å²) in [6.07, 6.45) is 4.33. The molecule has 0 atom stereocenters. The van der Waals surface area contributed by atoms with Crippen molar-refractivity contribution >= 4 is 29.5 Å². The zero-order valence-corrected chi connectivity index (χ0v) is 20.0. The molecule has 0 radical (unpaired) electrons. The molecular weight excluding hydrogens is 432 g/mol. The quantitative estimate of drug-likeness (QED) is 0.557. The number of carbonyl (C=O) groups is 2. The van der Waals surface area contributed by atoms with Gasteiger partial charge in [-0.1, -0.05) is 25.4 Å². The number of aromatic nitrogens is 3. The predicted octanol–water partition coefficient (Wildman–Crippen LogP) is 4.22. The zero-order valence-electron chi connectivity index (χ0n) is 19.2. The van der Waals surface area contributed by atoms with Crippen molar-refractivity contribution in [3.8, 4) is 11.1 Å². The Hall–Kier alpha value is -2.81. The Morgan fingerprint density at radius 3 is 2.62 bits per heavy atom. The van der Waals surface area contributed by atoms with Crippen molar-refractivity contribution in [2.75, 3.05) is 18.4 Å². The minimum Gasteiger partial charge on any atom is -0.444 e. The summed E-state index contributed by atoms with van der Waals surface area (Å²) in [5.74, 6) is 0.394. The molecule has 2 aromatic heterocycles. The molecule has 0 bridgehead atoms. The maximum Gasteiger partial charge on any atom is 0.407 e. The Morgan fingerprint density at radius 2 is 1.91 bits per heavy atom. The molecular formula is C22H31ClN6O3. The molecule has 3 heterocycles. The van der Waals surface area contributed by atoms with Gasteiger partial charge >= 0.3 is 12.1 Å². The van der Waals surface area contributed by atoms with Crippen LogP contribution in [0.4, 0.5) is 15.4 Å². The van der Waals surface area contributed by atoms with Gasteiger partial charge < -0.3 is 15.4 Å². The molecule has 0 fully saturated rings. The molecule has 0 saturated heterocycles. The number of rotatable bonds is 6. The fourth-order valence-corrected chi connectivity index (χ4v) is 3.75. The van der Waals surface area contributed by atoms with Crippen LogP contribution in [0.5, 0.6) is 0 Å². The summed E-state index contributed by atoms with van der Waals surface area (Å²) < 4.78 is 7.17. The lowest BCUT2D eigenvalue weighted by molar-refractivity contribution is 0.0527. The Balaban J connectivity index is 1.51. The highest BCUT2D eigenvalue weighted by atomic mass is 35.5. The van der Waals surface area contributed by atoms with Crippen LogP contribution >= 0.6 is 11.6 Å². The number of nitrogens with zero attached hydrogens (tertiary/aromatic N) is 3. The van der Waals surface area contributed by atoms with Gasteiger partial charge in [-0.2, -0.15) is 5.10 Å². The fourth-order valence-electron chi connectivity index (χ4n) is 3.54. The maximum atomic E-state index is 12.2. The maximum absolute atomic E-state index is 12.2. The van der Waals surface area contributed by atoms with Crippen LogP contribution in [0.3, 0.4) is 0 Å². The van der Waals surface area contributed by atoms with Gasteiger partial charge in [0.2, 0.25) is 0 Å². The summed E-state index contributed by atoms with van der Waals surface area (Å²) >= 11 is 6.41. The van der Waals surface area contributed by atoms with E-state index in [1.807, 2.05) is 10.9 Å². The third kappa shape index (κ3) is 6.35. The molecule has 3 N–H and O–H groups in total. The highest BCUT2D eigenvalue weighted by Gasteiger charge is 2.32. The van der Waals surface area contributed by atoms with Crippen LogP contribution in [0, 0.1) is 5.41 Å². The first-order chi connectivity index (χ1) is 14.9.